The van der Waals surface area contributed by atoms with E-state index >= 15 is 0 Å². The van der Waals surface area contributed by atoms with Gasteiger partial charge in [-0.05, 0) is 32.6 Å². The molecule has 2 atom stereocenters. The van der Waals surface area contributed by atoms with E-state index in [-0.39, 0.29) is 12.3 Å². The molecule has 0 radical (unpaired) electrons. The van der Waals surface area contributed by atoms with Crippen molar-refractivity contribution in [2.24, 2.45) is 5.92 Å². The molecule has 0 fully saturated rings. The van der Waals surface area contributed by atoms with E-state index in [0.29, 0.717) is 12.8 Å². The Hall–Kier alpha value is -0.170. The molecule has 98 valence electrons. The van der Waals surface area contributed by atoms with E-state index in [1.165, 1.54) is 0 Å². The third-order valence-electron chi connectivity index (χ3n) is 2.42. The molecule has 0 heterocycles. The van der Waals surface area contributed by atoms with Gasteiger partial charge in [0.15, 0.2) is 0 Å². The smallest absolute Gasteiger partial charge is 0.143 e. The van der Waals surface area contributed by atoms with Crippen LogP contribution in [-0.2, 0) is 10.1 Å². The van der Waals surface area contributed by atoms with Gasteiger partial charge in [0.05, 0.1) is 5.60 Å². The van der Waals surface area contributed by atoms with Gasteiger partial charge in [0, 0.05) is 0 Å². The molecule has 0 rings (SSSR count). The minimum atomic E-state index is -4.60. The van der Waals surface area contributed by atoms with Crippen LogP contribution in [0.5, 0.6) is 0 Å². The molecular weight excluding hydrogens is 232 g/mol. The highest BCUT2D eigenvalue weighted by Crippen LogP contribution is 2.19. The lowest BCUT2D eigenvalue weighted by atomic mass is 9.95. The van der Waals surface area contributed by atoms with Gasteiger partial charge in [0.2, 0.25) is 0 Å². The summed E-state index contributed by atoms with van der Waals surface area (Å²) in [5.74, 6) is -0.0546. The number of rotatable bonds is 7. The van der Waals surface area contributed by atoms with Crippen LogP contribution in [0.25, 0.3) is 0 Å². The summed E-state index contributed by atoms with van der Waals surface area (Å²) in [5, 5.41) is 18.5. The van der Waals surface area contributed by atoms with Crippen LogP contribution in [0, 0.1) is 5.92 Å². The molecule has 0 saturated heterocycles. The van der Waals surface area contributed by atoms with Crippen LogP contribution in [0.4, 0.5) is 0 Å². The topological polar surface area (TPSA) is 97.7 Å². The molecule has 6 heteroatoms. The molecule has 0 aromatic heterocycles. The number of hydrogen-bond donors (Lipinski definition) is 2. The highest BCUT2D eigenvalue weighted by molar-refractivity contribution is 7.86. The van der Waals surface area contributed by atoms with Crippen molar-refractivity contribution in [2.75, 3.05) is 0 Å². The third-order valence-corrected chi connectivity index (χ3v) is 3.28. The first-order chi connectivity index (χ1) is 7.02. The van der Waals surface area contributed by atoms with Crippen molar-refractivity contribution in [3.05, 3.63) is 0 Å². The van der Waals surface area contributed by atoms with Gasteiger partial charge in [-0.15, -0.1) is 0 Å². The molecule has 2 N–H and O–H groups in total. The SMILES string of the molecule is C[C@H](CCCC(C)(C)O)C[C@@H](O)S(=O)(=O)[O-]. The van der Waals surface area contributed by atoms with Crippen molar-refractivity contribution in [3.8, 4) is 0 Å². The summed E-state index contributed by atoms with van der Waals surface area (Å²) < 4.78 is 31.4. The van der Waals surface area contributed by atoms with Crippen molar-refractivity contribution >= 4 is 10.1 Å². The Morgan fingerprint density at radius 2 is 1.88 bits per heavy atom. The lowest BCUT2D eigenvalue weighted by Gasteiger charge is -2.21. The fourth-order valence-electron chi connectivity index (χ4n) is 1.46. The fraction of sp³-hybridized carbons (Fsp3) is 1.00. The Labute approximate surface area is 97.2 Å². The van der Waals surface area contributed by atoms with E-state index in [2.05, 4.69) is 0 Å². The first-order valence-corrected chi connectivity index (χ1v) is 6.84. The van der Waals surface area contributed by atoms with Crippen molar-refractivity contribution in [3.63, 3.8) is 0 Å². The lowest BCUT2D eigenvalue weighted by Crippen LogP contribution is -2.23. The van der Waals surface area contributed by atoms with Gasteiger partial charge in [0.25, 0.3) is 0 Å². The highest BCUT2D eigenvalue weighted by Gasteiger charge is 2.17. The van der Waals surface area contributed by atoms with E-state index in [0.717, 1.165) is 6.42 Å². The molecule has 0 bridgehead atoms. The second-order valence-electron chi connectivity index (χ2n) is 4.99. The molecule has 0 spiro atoms. The van der Waals surface area contributed by atoms with Crippen LogP contribution >= 0.6 is 0 Å². The summed E-state index contributed by atoms with van der Waals surface area (Å²) in [6, 6.07) is 0. The van der Waals surface area contributed by atoms with E-state index < -0.39 is 21.2 Å². The molecule has 0 aliphatic rings. The monoisotopic (exact) mass is 253 g/mol. The van der Waals surface area contributed by atoms with Crippen LogP contribution in [0.2, 0.25) is 0 Å². The van der Waals surface area contributed by atoms with Gasteiger partial charge in [-0.3, -0.25) is 0 Å². The summed E-state index contributed by atoms with van der Waals surface area (Å²) in [6.07, 6.45) is 1.97. The normalized spacial score (nSPS) is 17.1. The van der Waals surface area contributed by atoms with Crippen molar-refractivity contribution in [1.29, 1.82) is 0 Å². The van der Waals surface area contributed by atoms with Gasteiger partial charge < -0.3 is 14.8 Å². The summed E-state index contributed by atoms with van der Waals surface area (Å²) in [4.78, 5) is 0. The number of aliphatic hydroxyl groups is 2. The van der Waals surface area contributed by atoms with Crippen LogP contribution < -0.4 is 0 Å². The molecule has 0 aromatic carbocycles. The second-order valence-corrected chi connectivity index (χ2v) is 6.52. The quantitative estimate of drug-likeness (QED) is 0.654. The fourth-order valence-corrected chi connectivity index (χ4v) is 2.03. The molecule has 0 saturated carbocycles. The predicted octanol–water partition coefficient (Wildman–Crippen LogP) is 0.817. The standard InChI is InChI=1S/C10H22O5S/c1-8(5-4-6-10(2,3)12)7-9(11)16(13,14)15/h8-9,11-12H,4-7H2,1-3H3,(H,13,14,15)/p-1/t8-,9+/m1/s1. The largest absolute Gasteiger partial charge is 0.746 e. The van der Waals surface area contributed by atoms with Crippen molar-refractivity contribution < 1.29 is 23.2 Å². The Morgan fingerprint density at radius 1 is 1.38 bits per heavy atom. The summed E-state index contributed by atoms with van der Waals surface area (Å²) in [5.41, 5.74) is -2.55. The summed E-state index contributed by atoms with van der Waals surface area (Å²) in [6.45, 7) is 5.18. The van der Waals surface area contributed by atoms with Gasteiger partial charge in [-0.25, -0.2) is 8.42 Å². The molecule has 0 aliphatic heterocycles. The van der Waals surface area contributed by atoms with Gasteiger partial charge in [-0.1, -0.05) is 19.8 Å². The Morgan fingerprint density at radius 3 is 2.25 bits per heavy atom. The molecule has 0 aromatic rings. The molecule has 16 heavy (non-hydrogen) atoms. The van der Waals surface area contributed by atoms with Crippen LogP contribution in [0.1, 0.15) is 46.5 Å². The number of aliphatic hydroxyl groups excluding tert-OH is 1. The maximum absolute atomic E-state index is 10.5. The number of hydrogen-bond acceptors (Lipinski definition) is 5. The third kappa shape index (κ3) is 8.04. The zero-order chi connectivity index (χ0) is 13.0. The maximum Gasteiger partial charge on any atom is 0.143 e. The summed E-state index contributed by atoms with van der Waals surface area (Å²) in [7, 11) is -4.60. The molecule has 0 amide bonds. The Bertz CT molecular complexity index is 291. The van der Waals surface area contributed by atoms with Gasteiger partial charge >= 0.3 is 0 Å². The van der Waals surface area contributed by atoms with Crippen LogP contribution in [0.15, 0.2) is 0 Å². The lowest BCUT2D eigenvalue weighted by molar-refractivity contribution is 0.0664. The summed E-state index contributed by atoms with van der Waals surface area (Å²) >= 11 is 0. The van der Waals surface area contributed by atoms with Crippen molar-refractivity contribution in [1.82, 2.24) is 0 Å². The second kappa shape index (κ2) is 5.95. The van der Waals surface area contributed by atoms with Gasteiger partial charge in [0.1, 0.15) is 15.6 Å². The average molecular weight is 253 g/mol. The zero-order valence-corrected chi connectivity index (χ0v) is 10.8. The minimum absolute atomic E-state index is 0.0440. The van der Waals surface area contributed by atoms with Gasteiger partial charge in [-0.2, -0.15) is 0 Å². The minimum Gasteiger partial charge on any atom is -0.746 e. The molecular formula is C10H21O5S-. The highest BCUT2D eigenvalue weighted by atomic mass is 32.2. The van der Waals surface area contributed by atoms with E-state index in [1.807, 2.05) is 0 Å². The van der Waals surface area contributed by atoms with Crippen LogP contribution in [0.3, 0.4) is 0 Å². The maximum atomic E-state index is 10.5. The zero-order valence-electron chi connectivity index (χ0n) is 10.0. The molecule has 0 unspecified atom stereocenters. The van der Waals surface area contributed by atoms with Crippen molar-refractivity contribution in [2.45, 2.75) is 57.5 Å². The molecule has 5 nitrogen and oxygen atoms in total. The molecule has 0 aliphatic carbocycles. The van der Waals surface area contributed by atoms with E-state index in [4.69, 9.17) is 5.11 Å². The Kier molecular flexibility index (Phi) is 5.89. The average Bonchev–Trinajstić information content (AvgIpc) is 1.99. The first-order valence-electron chi connectivity index (χ1n) is 5.37. The first kappa shape index (κ1) is 15.8. The van der Waals surface area contributed by atoms with E-state index in [1.54, 1.807) is 20.8 Å². The van der Waals surface area contributed by atoms with E-state index in [9.17, 15) is 18.1 Å². The predicted molar refractivity (Wildman–Crippen MR) is 59.6 cm³/mol. The van der Waals surface area contributed by atoms with Crippen LogP contribution in [-0.4, -0.2) is 34.2 Å². The Balaban J connectivity index is 3.88.